The summed E-state index contributed by atoms with van der Waals surface area (Å²) in [6.45, 7) is 6.63. The topological polar surface area (TPSA) is 101 Å². The number of nitrogens with zero attached hydrogens (tertiary/aromatic N) is 5. The number of aryl methyl sites for hydroxylation is 1. The van der Waals surface area contributed by atoms with E-state index in [1.807, 2.05) is 44.2 Å². The van der Waals surface area contributed by atoms with Gasteiger partial charge >= 0.3 is 12.0 Å². The minimum atomic E-state index is -1.15. The Bertz CT molecular complexity index is 1110. The average molecular weight is 435 g/mol. The molecule has 1 atom stereocenters. The van der Waals surface area contributed by atoms with E-state index in [1.54, 1.807) is 11.1 Å². The van der Waals surface area contributed by atoms with Gasteiger partial charge in [0.2, 0.25) is 5.88 Å². The first kappa shape index (κ1) is 21.5. The summed E-state index contributed by atoms with van der Waals surface area (Å²) in [7, 11) is 0. The fourth-order valence-corrected chi connectivity index (χ4v) is 3.74. The molecule has 0 radical (unpaired) electrons. The number of pyridine rings is 1. The van der Waals surface area contributed by atoms with Crippen LogP contribution in [0.1, 0.15) is 28.5 Å². The van der Waals surface area contributed by atoms with Gasteiger partial charge in [-0.3, -0.25) is 4.90 Å². The SMILES string of the molecule is Cc1ccc(Oc2cccc(CN3CCN(C(=O)n4ccc(C(=O)O)n4)[C@@H](C)C3)c2)nc1. The monoisotopic (exact) mass is 435 g/mol. The molecule has 1 saturated heterocycles. The van der Waals surface area contributed by atoms with E-state index in [0.29, 0.717) is 25.5 Å². The zero-order valence-electron chi connectivity index (χ0n) is 18.0. The standard InChI is InChI=1S/C23H25N5O4/c1-16-6-7-21(24-13-16)32-19-5-3-4-18(12-19)15-26-10-11-27(17(2)14-26)23(31)28-9-8-20(25-28)22(29)30/h3-9,12-13,17H,10-11,14-15H2,1-2H3,(H,29,30)/t17-/m0/s1. The molecule has 1 aromatic carbocycles. The Morgan fingerprint density at radius 1 is 1.19 bits per heavy atom. The van der Waals surface area contributed by atoms with Gasteiger partial charge < -0.3 is 14.7 Å². The number of aromatic nitrogens is 3. The van der Waals surface area contributed by atoms with Crippen LogP contribution in [0, 0.1) is 6.92 Å². The molecule has 1 aliphatic rings. The summed E-state index contributed by atoms with van der Waals surface area (Å²) < 4.78 is 6.96. The third kappa shape index (κ3) is 4.94. The maximum Gasteiger partial charge on any atom is 0.356 e. The average Bonchev–Trinajstić information content (AvgIpc) is 3.26. The Balaban J connectivity index is 1.36. The van der Waals surface area contributed by atoms with Gasteiger partial charge in [0.25, 0.3) is 0 Å². The van der Waals surface area contributed by atoms with Crippen LogP contribution in [0.3, 0.4) is 0 Å². The molecule has 0 unspecified atom stereocenters. The highest BCUT2D eigenvalue weighted by Gasteiger charge is 2.29. The van der Waals surface area contributed by atoms with Crippen molar-refractivity contribution in [2.24, 2.45) is 0 Å². The Labute approximate surface area is 185 Å². The molecule has 2 aromatic heterocycles. The van der Waals surface area contributed by atoms with E-state index in [-0.39, 0.29) is 17.8 Å². The molecule has 1 N–H and O–H groups in total. The molecule has 1 fully saturated rings. The number of carbonyl (C=O) groups excluding carboxylic acids is 1. The third-order valence-corrected chi connectivity index (χ3v) is 5.37. The lowest BCUT2D eigenvalue weighted by atomic mass is 10.1. The highest BCUT2D eigenvalue weighted by atomic mass is 16.5. The van der Waals surface area contributed by atoms with Crippen LogP contribution < -0.4 is 4.74 Å². The number of carboxylic acids is 1. The Hall–Kier alpha value is -3.72. The maximum absolute atomic E-state index is 12.7. The van der Waals surface area contributed by atoms with E-state index >= 15 is 0 Å². The second kappa shape index (κ2) is 9.19. The molecule has 3 aromatic rings. The van der Waals surface area contributed by atoms with Crippen LogP contribution in [0.25, 0.3) is 0 Å². The van der Waals surface area contributed by atoms with E-state index in [0.717, 1.165) is 28.1 Å². The van der Waals surface area contributed by atoms with Crippen molar-refractivity contribution in [3.8, 4) is 11.6 Å². The van der Waals surface area contributed by atoms with E-state index in [1.165, 1.54) is 12.3 Å². The molecule has 0 bridgehead atoms. The lowest BCUT2D eigenvalue weighted by Crippen LogP contribution is -2.54. The number of benzene rings is 1. The minimum absolute atomic E-state index is 0.0371. The normalized spacial score (nSPS) is 16.7. The third-order valence-electron chi connectivity index (χ3n) is 5.37. The summed E-state index contributed by atoms with van der Waals surface area (Å²) in [5.41, 5.74) is 2.04. The van der Waals surface area contributed by atoms with Crippen molar-refractivity contribution in [1.82, 2.24) is 24.6 Å². The smallest absolute Gasteiger partial charge is 0.356 e. The summed E-state index contributed by atoms with van der Waals surface area (Å²) in [6, 6.07) is 12.7. The second-order valence-electron chi connectivity index (χ2n) is 7.93. The first-order valence-corrected chi connectivity index (χ1v) is 10.4. The minimum Gasteiger partial charge on any atom is -0.476 e. The van der Waals surface area contributed by atoms with Crippen molar-refractivity contribution in [1.29, 1.82) is 0 Å². The fourth-order valence-electron chi connectivity index (χ4n) is 3.74. The van der Waals surface area contributed by atoms with Crippen LogP contribution in [0.15, 0.2) is 54.9 Å². The first-order chi connectivity index (χ1) is 15.4. The molecule has 0 aliphatic carbocycles. The summed E-state index contributed by atoms with van der Waals surface area (Å²) in [4.78, 5) is 32.0. The number of amides is 1. The predicted octanol–water partition coefficient (Wildman–Crippen LogP) is 3.25. The van der Waals surface area contributed by atoms with E-state index < -0.39 is 5.97 Å². The summed E-state index contributed by atoms with van der Waals surface area (Å²) >= 11 is 0. The van der Waals surface area contributed by atoms with Gasteiger partial charge in [0.1, 0.15) is 5.75 Å². The number of aromatic carboxylic acids is 1. The van der Waals surface area contributed by atoms with Crippen molar-refractivity contribution in [3.05, 3.63) is 71.7 Å². The van der Waals surface area contributed by atoms with Crippen LogP contribution in [0.4, 0.5) is 4.79 Å². The van der Waals surface area contributed by atoms with Gasteiger partial charge in [0.05, 0.1) is 0 Å². The van der Waals surface area contributed by atoms with Crippen LogP contribution in [-0.4, -0.2) is 67.3 Å². The van der Waals surface area contributed by atoms with Crippen LogP contribution in [0.2, 0.25) is 0 Å². The number of hydrogen-bond acceptors (Lipinski definition) is 6. The van der Waals surface area contributed by atoms with Gasteiger partial charge in [-0.1, -0.05) is 18.2 Å². The Morgan fingerprint density at radius 3 is 2.72 bits per heavy atom. The lowest BCUT2D eigenvalue weighted by Gasteiger charge is -2.39. The molecule has 0 spiro atoms. The van der Waals surface area contributed by atoms with Crippen molar-refractivity contribution >= 4 is 12.0 Å². The quantitative estimate of drug-likeness (QED) is 0.656. The van der Waals surface area contributed by atoms with Gasteiger partial charge in [-0.2, -0.15) is 9.78 Å². The first-order valence-electron chi connectivity index (χ1n) is 10.4. The maximum atomic E-state index is 12.7. The van der Waals surface area contributed by atoms with Crippen LogP contribution in [0.5, 0.6) is 11.6 Å². The van der Waals surface area contributed by atoms with Gasteiger partial charge in [0.15, 0.2) is 5.69 Å². The highest BCUT2D eigenvalue weighted by Crippen LogP contribution is 2.22. The van der Waals surface area contributed by atoms with E-state index in [4.69, 9.17) is 9.84 Å². The zero-order chi connectivity index (χ0) is 22.7. The van der Waals surface area contributed by atoms with Gasteiger partial charge in [0, 0.05) is 50.7 Å². The number of carbonyl (C=O) groups is 2. The van der Waals surface area contributed by atoms with Crippen molar-refractivity contribution < 1.29 is 19.4 Å². The van der Waals surface area contributed by atoms with Crippen molar-refractivity contribution in [3.63, 3.8) is 0 Å². The van der Waals surface area contributed by atoms with E-state index in [9.17, 15) is 9.59 Å². The molecule has 3 heterocycles. The van der Waals surface area contributed by atoms with Crippen molar-refractivity contribution in [2.45, 2.75) is 26.4 Å². The van der Waals surface area contributed by atoms with Crippen LogP contribution in [-0.2, 0) is 6.54 Å². The Kier molecular flexibility index (Phi) is 6.18. The largest absolute Gasteiger partial charge is 0.476 e. The molecule has 32 heavy (non-hydrogen) atoms. The molecular formula is C23H25N5O4. The molecule has 9 heteroatoms. The molecule has 4 rings (SSSR count). The zero-order valence-corrected chi connectivity index (χ0v) is 18.0. The molecular weight excluding hydrogens is 410 g/mol. The summed E-state index contributed by atoms with van der Waals surface area (Å²) in [5, 5.41) is 12.9. The summed E-state index contributed by atoms with van der Waals surface area (Å²) in [6.07, 6.45) is 3.16. The highest BCUT2D eigenvalue weighted by molar-refractivity contribution is 5.86. The number of carboxylic acid groups (broad SMARTS) is 1. The fraction of sp³-hybridized carbons (Fsp3) is 0.304. The predicted molar refractivity (Wildman–Crippen MR) is 117 cm³/mol. The summed E-state index contributed by atoms with van der Waals surface area (Å²) in [5.74, 6) is 0.130. The second-order valence-corrected chi connectivity index (χ2v) is 7.93. The number of ether oxygens (including phenoxy) is 1. The molecule has 166 valence electrons. The lowest BCUT2D eigenvalue weighted by molar-refractivity contribution is 0.0689. The van der Waals surface area contributed by atoms with E-state index in [2.05, 4.69) is 21.0 Å². The number of hydrogen-bond donors (Lipinski definition) is 1. The van der Waals surface area contributed by atoms with Gasteiger partial charge in [-0.05, 0) is 43.2 Å². The van der Waals surface area contributed by atoms with Gasteiger partial charge in [-0.15, -0.1) is 0 Å². The van der Waals surface area contributed by atoms with Gasteiger partial charge in [-0.25, -0.2) is 14.6 Å². The molecule has 9 nitrogen and oxygen atoms in total. The van der Waals surface area contributed by atoms with Crippen LogP contribution >= 0.6 is 0 Å². The molecule has 1 aliphatic heterocycles. The van der Waals surface area contributed by atoms with Crippen molar-refractivity contribution in [2.75, 3.05) is 19.6 Å². The molecule has 1 amide bonds. The number of piperazine rings is 1. The molecule has 0 saturated carbocycles. The number of rotatable bonds is 5. The Morgan fingerprint density at radius 2 is 2.03 bits per heavy atom.